The molecule has 0 saturated carbocycles. The molecule has 0 radical (unpaired) electrons. The zero-order valence-corrected chi connectivity index (χ0v) is 18.9. The Morgan fingerprint density at radius 1 is 1.20 bits per heavy atom. The highest BCUT2D eigenvalue weighted by atomic mass is 32.2. The second-order valence-corrected chi connectivity index (χ2v) is 9.57. The molecule has 0 unspecified atom stereocenters. The van der Waals surface area contributed by atoms with E-state index in [1.165, 1.54) is 28.0 Å². The standard InChI is InChI=1S/C22H22N4O2S2/c1-12-9-13(2)19(14(3)10-12)24-18(27)11-17-20(28)26(4)22(30-17)25-21-23-15-7-5-6-8-16(15)29-21/h5-10,17H,11H2,1-4H3,(H,24,27)/t17-/m1/s1. The SMILES string of the molecule is Cc1cc(C)c(NC(=O)C[C@H]2SC(=Nc3nc4ccccc4s3)N(C)C2=O)c(C)c1. The topological polar surface area (TPSA) is 74.7 Å². The number of thioether (sulfide) groups is 1. The van der Waals surface area contributed by atoms with Gasteiger partial charge in [0.25, 0.3) is 0 Å². The molecule has 1 aliphatic rings. The van der Waals surface area contributed by atoms with Crippen LogP contribution in [-0.4, -0.2) is 39.2 Å². The number of para-hydroxylation sites is 1. The molecule has 4 rings (SSSR count). The largest absolute Gasteiger partial charge is 0.326 e. The van der Waals surface area contributed by atoms with Crippen LogP contribution in [-0.2, 0) is 9.59 Å². The molecule has 2 heterocycles. The number of thiazole rings is 1. The summed E-state index contributed by atoms with van der Waals surface area (Å²) in [7, 11) is 1.69. The van der Waals surface area contributed by atoms with Crippen molar-refractivity contribution in [2.75, 3.05) is 12.4 Å². The van der Waals surface area contributed by atoms with Gasteiger partial charge in [-0.15, -0.1) is 0 Å². The molecule has 1 aromatic heterocycles. The number of hydrogen-bond acceptors (Lipinski definition) is 6. The maximum atomic E-state index is 12.7. The summed E-state index contributed by atoms with van der Waals surface area (Å²) in [6.07, 6.45) is 0.0967. The molecule has 0 aliphatic carbocycles. The fraction of sp³-hybridized carbons (Fsp3) is 0.273. The molecular weight excluding hydrogens is 416 g/mol. The molecule has 2 amide bonds. The Balaban J connectivity index is 1.48. The summed E-state index contributed by atoms with van der Waals surface area (Å²) in [5, 5.41) is 3.66. The molecule has 6 nitrogen and oxygen atoms in total. The van der Waals surface area contributed by atoms with Gasteiger partial charge >= 0.3 is 0 Å². The molecule has 1 N–H and O–H groups in total. The number of amidine groups is 1. The van der Waals surface area contributed by atoms with E-state index in [0.29, 0.717) is 10.3 Å². The molecule has 30 heavy (non-hydrogen) atoms. The third kappa shape index (κ3) is 4.11. The molecule has 0 bridgehead atoms. The predicted octanol–water partition coefficient (Wildman–Crippen LogP) is 4.81. The number of aliphatic imine (C=N–C) groups is 1. The lowest BCUT2D eigenvalue weighted by atomic mass is 10.0. The summed E-state index contributed by atoms with van der Waals surface area (Å²) in [5.41, 5.74) is 4.89. The molecule has 8 heteroatoms. The molecule has 1 atom stereocenters. The van der Waals surface area contributed by atoms with Crippen LogP contribution in [0, 0.1) is 20.8 Å². The highest BCUT2D eigenvalue weighted by Crippen LogP contribution is 2.34. The average Bonchev–Trinajstić information content (AvgIpc) is 3.21. The van der Waals surface area contributed by atoms with E-state index >= 15 is 0 Å². The number of anilines is 1. The first-order valence-electron chi connectivity index (χ1n) is 9.58. The smallest absolute Gasteiger partial charge is 0.242 e. The van der Waals surface area contributed by atoms with Gasteiger partial charge in [-0.05, 0) is 44.0 Å². The number of amides is 2. The van der Waals surface area contributed by atoms with Crippen molar-refractivity contribution in [2.24, 2.45) is 4.99 Å². The van der Waals surface area contributed by atoms with Crippen LogP contribution in [0.2, 0.25) is 0 Å². The normalized spacial score (nSPS) is 17.9. The number of carbonyl (C=O) groups excluding carboxylic acids is 2. The number of rotatable bonds is 4. The monoisotopic (exact) mass is 438 g/mol. The van der Waals surface area contributed by atoms with E-state index in [1.807, 2.05) is 57.2 Å². The number of fused-ring (bicyclic) bond motifs is 1. The maximum Gasteiger partial charge on any atom is 0.242 e. The van der Waals surface area contributed by atoms with E-state index in [4.69, 9.17) is 0 Å². The fourth-order valence-corrected chi connectivity index (χ4v) is 5.55. The van der Waals surface area contributed by atoms with Gasteiger partial charge < -0.3 is 5.32 Å². The Bertz CT molecular complexity index is 1130. The van der Waals surface area contributed by atoms with Gasteiger partial charge in [-0.3, -0.25) is 14.5 Å². The quantitative estimate of drug-likeness (QED) is 0.634. The Morgan fingerprint density at radius 3 is 2.60 bits per heavy atom. The lowest BCUT2D eigenvalue weighted by Gasteiger charge is -2.14. The summed E-state index contributed by atoms with van der Waals surface area (Å²) in [4.78, 5) is 35.9. The van der Waals surface area contributed by atoms with Gasteiger partial charge in [-0.25, -0.2) is 4.98 Å². The Labute approximate surface area is 183 Å². The van der Waals surface area contributed by atoms with Gasteiger partial charge in [-0.2, -0.15) is 4.99 Å². The Kier molecular flexibility index (Phi) is 5.62. The van der Waals surface area contributed by atoms with Crippen LogP contribution in [0.3, 0.4) is 0 Å². The van der Waals surface area contributed by atoms with Crippen molar-refractivity contribution in [3.05, 3.63) is 53.1 Å². The van der Waals surface area contributed by atoms with Gasteiger partial charge in [0, 0.05) is 19.2 Å². The van der Waals surface area contributed by atoms with Crippen molar-refractivity contribution in [3.8, 4) is 0 Å². The molecule has 0 spiro atoms. The van der Waals surface area contributed by atoms with Crippen LogP contribution in [0.15, 0.2) is 41.4 Å². The minimum Gasteiger partial charge on any atom is -0.326 e. The van der Waals surface area contributed by atoms with Gasteiger partial charge in [0.05, 0.1) is 10.2 Å². The number of aromatic nitrogens is 1. The van der Waals surface area contributed by atoms with E-state index in [1.54, 1.807) is 7.05 Å². The minimum atomic E-state index is -0.491. The minimum absolute atomic E-state index is 0.0967. The van der Waals surface area contributed by atoms with Gasteiger partial charge in [0.15, 0.2) is 5.17 Å². The fourth-order valence-electron chi connectivity index (χ4n) is 3.52. The summed E-state index contributed by atoms with van der Waals surface area (Å²) in [6, 6.07) is 11.9. The van der Waals surface area contributed by atoms with E-state index < -0.39 is 5.25 Å². The van der Waals surface area contributed by atoms with Crippen LogP contribution in [0.1, 0.15) is 23.1 Å². The third-order valence-corrected chi connectivity index (χ3v) is 7.09. The first-order valence-corrected chi connectivity index (χ1v) is 11.3. The predicted molar refractivity (Wildman–Crippen MR) is 125 cm³/mol. The number of nitrogens with one attached hydrogen (secondary N) is 1. The van der Waals surface area contributed by atoms with Crippen LogP contribution < -0.4 is 5.32 Å². The molecular formula is C22H22N4O2S2. The highest BCUT2D eigenvalue weighted by molar-refractivity contribution is 8.15. The number of carbonyl (C=O) groups is 2. The molecule has 1 saturated heterocycles. The average molecular weight is 439 g/mol. The van der Waals surface area contributed by atoms with Crippen molar-refractivity contribution in [2.45, 2.75) is 32.4 Å². The zero-order valence-electron chi connectivity index (χ0n) is 17.2. The van der Waals surface area contributed by atoms with Gasteiger partial charge in [-0.1, -0.05) is 52.9 Å². The number of hydrogen-bond donors (Lipinski definition) is 1. The summed E-state index contributed by atoms with van der Waals surface area (Å²) in [5.74, 6) is -0.294. The maximum absolute atomic E-state index is 12.7. The van der Waals surface area contributed by atoms with Crippen molar-refractivity contribution < 1.29 is 9.59 Å². The molecule has 1 aliphatic heterocycles. The van der Waals surface area contributed by atoms with Crippen molar-refractivity contribution in [1.29, 1.82) is 0 Å². The van der Waals surface area contributed by atoms with E-state index in [2.05, 4.69) is 15.3 Å². The van der Waals surface area contributed by atoms with Crippen LogP contribution in [0.25, 0.3) is 10.2 Å². The van der Waals surface area contributed by atoms with Crippen molar-refractivity contribution in [1.82, 2.24) is 9.88 Å². The number of aryl methyl sites for hydroxylation is 3. The molecule has 2 aromatic carbocycles. The van der Waals surface area contributed by atoms with Gasteiger partial charge in [0.2, 0.25) is 16.9 Å². The van der Waals surface area contributed by atoms with E-state index in [0.717, 1.165) is 32.6 Å². The number of benzene rings is 2. The van der Waals surface area contributed by atoms with Crippen LogP contribution in [0.5, 0.6) is 0 Å². The van der Waals surface area contributed by atoms with Crippen LogP contribution in [0.4, 0.5) is 10.8 Å². The van der Waals surface area contributed by atoms with E-state index in [9.17, 15) is 9.59 Å². The first-order chi connectivity index (χ1) is 14.3. The van der Waals surface area contributed by atoms with Gasteiger partial charge in [0.1, 0.15) is 5.25 Å². The lowest BCUT2D eigenvalue weighted by Crippen LogP contribution is -2.30. The van der Waals surface area contributed by atoms with Crippen molar-refractivity contribution in [3.63, 3.8) is 0 Å². The Morgan fingerprint density at radius 2 is 1.90 bits per heavy atom. The number of nitrogens with zero attached hydrogens (tertiary/aromatic N) is 3. The highest BCUT2D eigenvalue weighted by Gasteiger charge is 2.37. The second kappa shape index (κ2) is 8.20. The van der Waals surface area contributed by atoms with E-state index in [-0.39, 0.29) is 18.2 Å². The summed E-state index contributed by atoms with van der Waals surface area (Å²) >= 11 is 2.79. The molecule has 3 aromatic rings. The summed E-state index contributed by atoms with van der Waals surface area (Å²) in [6.45, 7) is 5.98. The second-order valence-electron chi connectivity index (χ2n) is 7.39. The zero-order chi connectivity index (χ0) is 21.4. The lowest BCUT2D eigenvalue weighted by molar-refractivity contribution is -0.127. The van der Waals surface area contributed by atoms with Crippen molar-refractivity contribution >= 4 is 61.1 Å². The third-order valence-electron chi connectivity index (χ3n) is 4.93. The van der Waals surface area contributed by atoms with Crippen LogP contribution >= 0.6 is 23.1 Å². The summed E-state index contributed by atoms with van der Waals surface area (Å²) < 4.78 is 1.05. The first kappa shape index (κ1) is 20.6. The molecule has 154 valence electrons. The molecule has 1 fully saturated rings. The Hall–Kier alpha value is -2.71.